The van der Waals surface area contributed by atoms with E-state index in [-0.39, 0.29) is 24.8 Å². The SMILES string of the molecule is CCC1(C(=O)O)CCN(C(=O)c2cc(COC)on2)C1. The lowest BCUT2D eigenvalue weighted by molar-refractivity contribution is -0.148. The summed E-state index contributed by atoms with van der Waals surface area (Å²) in [7, 11) is 1.52. The van der Waals surface area contributed by atoms with E-state index in [2.05, 4.69) is 5.16 Å². The van der Waals surface area contributed by atoms with Crippen molar-refractivity contribution in [2.45, 2.75) is 26.4 Å². The first-order chi connectivity index (χ1) is 9.52. The van der Waals surface area contributed by atoms with Crippen LogP contribution in [0.1, 0.15) is 36.0 Å². The van der Waals surface area contributed by atoms with Crippen LogP contribution >= 0.6 is 0 Å². The molecule has 0 spiro atoms. The number of nitrogens with zero attached hydrogens (tertiary/aromatic N) is 2. The second-order valence-electron chi connectivity index (χ2n) is 5.03. The first-order valence-electron chi connectivity index (χ1n) is 6.49. The summed E-state index contributed by atoms with van der Waals surface area (Å²) >= 11 is 0. The number of aromatic nitrogens is 1. The van der Waals surface area contributed by atoms with Crippen LogP contribution in [-0.2, 0) is 16.1 Å². The maximum atomic E-state index is 12.3. The van der Waals surface area contributed by atoms with Gasteiger partial charge in [0.05, 0.1) is 5.41 Å². The van der Waals surface area contributed by atoms with Crippen molar-refractivity contribution in [2.24, 2.45) is 5.41 Å². The number of aliphatic carboxylic acids is 1. The van der Waals surface area contributed by atoms with E-state index < -0.39 is 11.4 Å². The van der Waals surface area contributed by atoms with Crippen LogP contribution in [0.4, 0.5) is 0 Å². The zero-order chi connectivity index (χ0) is 14.8. The third-order valence-electron chi connectivity index (χ3n) is 3.84. The molecule has 1 fully saturated rings. The Morgan fingerprint density at radius 3 is 2.90 bits per heavy atom. The summed E-state index contributed by atoms with van der Waals surface area (Å²) in [6, 6.07) is 1.53. The van der Waals surface area contributed by atoms with Gasteiger partial charge in [-0.3, -0.25) is 9.59 Å². The fourth-order valence-electron chi connectivity index (χ4n) is 2.45. The summed E-state index contributed by atoms with van der Waals surface area (Å²) in [5.41, 5.74) is -0.649. The predicted molar refractivity (Wildman–Crippen MR) is 68.1 cm³/mol. The summed E-state index contributed by atoms with van der Waals surface area (Å²) in [5, 5.41) is 13.0. The quantitative estimate of drug-likeness (QED) is 0.870. The van der Waals surface area contributed by atoms with Gasteiger partial charge in [-0.2, -0.15) is 0 Å². The topological polar surface area (TPSA) is 92.9 Å². The van der Waals surface area contributed by atoms with E-state index in [9.17, 15) is 14.7 Å². The van der Waals surface area contributed by atoms with Crippen molar-refractivity contribution in [1.29, 1.82) is 0 Å². The van der Waals surface area contributed by atoms with Crippen LogP contribution in [-0.4, -0.2) is 47.2 Å². The van der Waals surface area contributed by atoms with E-state index in [1.807, 2.05) is 6.92 Å². The molecule has 1 saturated heterocycles. The molecule has 1 aromatic rings. The molecule has 1 aliphatic heterocycles. The molecule has 0 bridgehead atoms. The van der Waals surface area contributed by atoms with E-state index in [4.69, 9.17) is 9.26 Å². The smallest absolute Gasteiger partial charge is 0.311 e. The lowest BCUT2D eigenvalue weighted by Gasteiger charge is -2.22. The van der Waals surface area contributed by atoms with Gasteiger partial charge in [0.15, 0.2) is 11.5 Å². The molecule has 2 rings (SSSR count). The highest BCUT2D eigenvalue weighted by Crippen LogP contribution is 2.34. The Kier molecular flexibility index (Phi) is 4.08. The molecule has 7 heteroatoms. The molecule has 1 amide bonds. The second-order valence-corrected chi connectivity index (χ2v) is 5.03. The number of hydrogen-bond donors (Lipinski definition) is 1. The molecule has 0 aliphatic carbocycles. The lowest BCUT2D eigenvalue weighted by Crippen LogP contribution is -2.36. The number of ether oxygens (including phenoxy) is 1. The van der Waals surface area contributed by atoms with Crippen LogP contribution in [0.2, 0.25) is 0 Å². The van der Waals surface area contributed by atoms with E-state index >= 15 is 0 Å². The van der Waals surface area contributed by atoms with Crippen molar-refractivity contribution in [3.63, 3.8) is 0 Å². The number of likely N-dealkylation sites (tertiary alicyclic amines) is 1. The minimum absolute atomic E-state index is 0.189. The van der Waals surface area contributed by atoms with Crippen LogP contribution in [0.3, 0.4) is 0 Å². The Bertz CT molecular complexity index is 513. The number of carboxylic acids is 1. The fourth-order valence-corrected chi connectivity index (χ4v) is 2.45. The molecule has 1 atom stereocenters. The van der Waals surface area contributed by atoms with Crippen LogP contribution in [0.15, 0.2) is 10.6 Å². The van der Waals surface area contributed by atoms with Crippen molar-refractivity contribution >= 4 is 11.9 Å². The molecule has 1 aliphatic rings. The molecule has 1 aromatic heterocycles. The molecular formula is C13H18N2O5. The standard InChI is InChI=1S/C13H18N2O5/c1-3-13(12(17)18)4-5-15(8-13)11(16)10-6-9(7-19-2)20-14-10/h6H,3-5,7-8H2,1-2H3,(H,17,18). The van der Waals surface area contributed by atoms with Gasteiger partial charge in [-0.15, -0.1) is 0 Å². The third-order valence-corrected chi connectivity index (χ3v) is 3.84. The molecule has 0 aromatic carbocycles. The zero-order valence-electron chi connectivity index (χ0n) is 11.6. The van der Waals surface area contributed by atoms with Crippen molar-refractivity contribution in [1.82, 2.24) is 10.1 Å². The highest BCUT2D eigenvalue weighted by molar-refractivity contribution is 5.93. The first kappa shape index (κ1) is 14.5. The number of methoxy groups -OCH3 is 1. The fraction of sp³-hybridized carbons (Fsp3) is 0.615. The Morgan fingerprint density at radius 1 is 1.60 bits per heavy atom. The van der Waals surface area contributed by atoms with Gasteiger partial charge in [0.1, 0.15) is 6.61 Å². The minimum atomic E-state index is -0.851. The second kappa shape index (κ2) is 5.62. The number of carboxylic acid groups (broad SMARTS) is 1. The maximum Gasteiger partial charge on any atom is 0.311 e. The summed E-state index contributed by atoms with van der Waals surface area (Å²) in [4.78, 5) is 25.1. The van der Waals surface area contributed by atoms with Crippen LogP contribution in [0.5, 0.6) is 0 Å². The van der Waals surface area contributed by atoms with Crippen molar-refractivity contribution < 1.29 is 24.0 Å². The normalized spacial score (nSPS) is 22.2. The minimum Gasteiger partial charge on any atom is -0.481 e. The number of carbonyl (C=O) groups is 2. The van der Waals surface area contributed by atoms with Gasteiger partial charge < -0.3 is 19.3 Å². The zero-order valence-corrected chi connectivity index (χ0v) is 11.6. The Morgan fingerprint density at radius 2 is 2.35 bits per heavy atom. The van der Waals surface area contributed by atoms with E-state index in [0.717, 1.165) is 0 Å². The molecule has 0 saturated carbocycles. The molecule has 20 heavy (non-hydrogen) atoms. The van der Waals surface area contributed by atoms with E-state index in [1.165, 1.54) is 18.1 Å². The molecule has 0 radical (unpaired) electrons. The Hall–Kier alpha value is -1.89. The largest absolute Gasteiger partial charge is 0.481 e. The van der Waals surface area contributed by atoms with Gasteiger partial charge in [0, 0.05) is 26.3 Å². The van der Waals surface area contributed by atoms with Crippen LogP contribution in [0.25, 0.3) is 0 Å². The molecule has 1 N–H and O–H groups in total. The van der Waals surface area contributed by atoms with Gasteiger partial charge in [-0.05, 0) is 12.8 Å². The van der Waals surface area contributed by atoms with Gasteiger partial charge in [0.25, 0.3) is 5.91 Å². The Balaban J connectivity index is 2.09. The van der Waals surface area contributed by atoms with Crippen molar-refractivity contribution in [3.05, 3.63) is 17.5 Å². The van der Waals surface area contributed by atoms with E-state index in [0.29, 0.717) is 25.1 Å². The first-order valence-corrected chi connectivity index (χ1v) is 6.49. The molecular weight excluding hydrogens is 264 g/mol. The molecule has 2 heterocycles. The van der Waals surface area contributed by atoms with Crippen LogP contribution < -0.4 is 0 Å². The average Bonchev–Trinajstić information content (AvgIpc) is 3.05. The van der Waals surface area contributed by atoms with Gasteiger partial charge in [0.2, 0.25) is 0 Å². The monoisotopic (exact) mass is 282 g/mol. The number of rotatable bonds is 5. The van der Waals surface area contributed by atoms with Crippen molar-refractivity contribution in [3.8, 4) is 0 Å². The summed E-state index contributed by atoms with van der Waals surface area (Å²) in [5.74, 6) is -0.682. The highest BCUT2D eigenvalue weighted by atomic mass is 16.5. The Labute approximate surface area is 116 Å². The average molecular weight is 282 g/mol. The summed E-state index contributed by atoms with van der Waals surface area (Å²) < 4.78 is 9.86. The molecule has 7 nitrogen and oxygen atoms in total. The number of carbonyl (C=O) groups excluding carboxylic acids is 1. The maximum absolute atomic E-state index is 12.3. The lowest BCUT2D eigenvalue weighted by atomic mass is 9.84. The van der Waals surface area contributed by atoms with Crippen LogP contribution in [0, 0.1) is 5.41 Å². The summed E-state index contributed by atoms with van der Waals surface area (Å²) in [6.45, 7) is 2.71. The van der Waals surface area contributed by atoms with Gasteiger partial charge in [-0.25, -0.2) is 0 Å². The highest BCUT2D eigenvalue weighted by Gasteiger charge is 2.45. The van der Waals surface area contributed by atoms with Gasteiger partial charge >= 0.3 is 5.97 Å². The third kappa shape index (κ3) is 2.53. The molecule has 1 unspecified atom stereocenters. The van der Waals surface area contributed by atoms with E-state index in [1.54, 1.807) is 0 Å². The van der Waals surface area contributed by atoms with Crippen molar-refractivity contribution in [2.75, 3.05) is 20.2 Å². The summed E-state index contributed by atoms with van der Waals surface area (Å²) in [6.07, 6.45) is 0.965. The molecule has 110 valence electrons. The van der Waals surface area contributed by atoms with Gasteiger partial charge in [-0.1, -0.05) is 12.1 Å². The number of amides is 1. The predicted octanol–water partition coefficient (Wildman–Crippen LogP) is 1.15. The number of hydrogen-bond acceptors (Lipinski definition) is 5.